The van der Waals surface area contributed by atoms with Crippen molar-refractivity contribution in [2.45, 2.75) is 37.9 Å². The number of unbranched alkanes of at least 4 members (excludes halogenated alkanes) is 2. The predicted octanol–water partition coefficient (Wildman–Crippen LogP) is 6.29. The van der Waals surface area contributed by atoms with Crippen LogP contribution < -0.4 is 0 Å². The second kappa shape index (κ2) is 11.4. The Morgan fingerprint density at radius 1 is 0.833 bits per heavy atom. The summed E-state index contributed by atoms with van der Waals surface area (Å²) < 4.78 is 15.2. The van der Waals surface area contributed by atoms with Gasteiger partial charge in [-0.05, 0) is 44.4 Å². The SMILES string of the molecule is Cc1cc(-c2ccncc2)nn1CCCCC[S+]([O-])c1nc(-c2ccccc2)c(-c2ccccc2)[nH]1. The zero-order valence-corrected chi connectivity index (χ0v) is 21.1. The molecule has 36 heavy (non-hydrogen) atoms. The van der Waals surface area contributed by atoms with E-state index in [2.05, 4.69) is 27.6 Å². The lowest BCUT2D eigenvalue weighted by molar-refractivity contribution is 0.538. The highest BCUT2D eigenvalue weighted by Gasteiger charge is 2.21. The van der Waals surface area contributed by atoms with Gasteiger partial charge in [-0.1, -0.05) is 60.7 Å². The first-order valence-electron chi connectivity index (χ1n) is 12.2. The molecule has 1 unspecified atom stereocenters. The number of hydrogen-bond donors (Lipinski definition) is 1. The molecule has 0 fully saturated rings. The Balaban J connectivity index is 1.19. The first-order chi connectivity index (χ1) is 17.7. The number of rotatable bonds is 10. The highest BCUT2D eigenvalue weighted by atomic mass is 32.2. The maximum absolute atomic E-state index is 13.1. The quantitative estimate of drug-likeness (QED) is 0.182. The monoisotopic (exact) mass is 495 g/mol. The smallest absolute Gasteiger partial charge is 0.321 e. The molecule has 0 aliphatic carbocycles. The molecule has 182 valence electrons. The fraction of sp³-hybridized carbons (Fsp3) is 0.207. The maximum atomic E-state index is 13.1. The van der Waals surface area contributed by atoms with E-state index in [0.29, 0.717) is 10.9 Å². The molecule has 0 bridgehead atoms. The molecule has 5 aromatic rings. The van der Waals surface area contributed by atoms with Crippen molar-refractivity contribution in [3.63, 3.8) is 0 Å². The van der Waals surface area contributed by atoms with Gasteiger partial charge in [0.2, 0.25) is 0 Å². The number of pyridine rings is 1. The lowest BCUT2D eigenvalue weighted by Crippen LogP contribution is -2.09. The third-order valence-corrected chi connectivity index (χ3v) is 7.45. The lowest BCUT2D eigenvalue weighted by atomic mass is 10.1. The minimum atomic E-state index is -1.19. The summed E-state index contributed by atoms with van der Waals surface area (Å²) in [4.78, 5) is 12.2. The van der Waals surface area contributed by atoms with Gasteiger partial charge >= 0.3 is 5.16 Å². The van der Waals surface area contributed by atoms with Crippen LogP contribution in [0.2, 0.25) is 0 Å². The predicted molar refractivity (Wildman–Crippen MR) is 145 cm³/mol. The van der Waals surface area contributed by atoms with Gasteiger partial charge in [0.1, 0.15) is 11.4 Å². The summed E-state index contributed by atoms with van der Waals surface area (Å²) in [5, 5.41) is 5.28. The van der Waals surface area contributed by atoms with E-state index in [-0.39, 0.29) is 0 Å². The van der Waals surface area contributed by atoms with Crippen molar-refractivity contribution in [3.05, 3.63) is 97.0 Å². The normalized spacial score (nSPS) is 12.1. The molecule has 5 rings (SSSR count). The Bertz CT molecular complexity index is 1330. The van der Waals surface area contributed by atoms with Gasteiger partial charge in [0.05, 0.1) is 11.4 Å². The van der Waals surface area contributed by atoms with Gasteiger partial charge in [0, 0.05) is 52.5 Å². The standard InChI is InChI=1S/C29H29N5OS/c1-22-21-26(23-15-17-30-18-16-23)33-34(22)19-9-4-10-20-36(35)29-31-27(24-11-5-2-6-12-24)28(32-29)25-13-7-3-8-14-25/h2-3,5-8,11-18,21H,4,9-10,19-20H2,1H3,(H,31,32). The summed E-state index contributed by atoms with van der Waals surface area (Å²) >= 11 is -1.19. The van der Waals surface area contributed by atoms with E-state index < -0.39 is 11.2 Å². The zero-order valence-electron chi connectivity index (χ0n) is 20.3. The first kappa shape index (κ1) is 24.0. The first-order valence-corrected chi connectivity index (χ1v) is 13.5. The van der Waals surface area contributed by atoms with Crippen LogP contribution in [0.1, 0.15) is 25.0 Å². The van der Waals surface area contributed by atoms with E-state index in [4.69, 9.17) is 10.1 Å². The van der Waals surface area contributed by atoms with Crippen LogP contribution in [0.5, 0.6) is 0 Å². The third kappa shape index (κ3) is 5.58. The molecular formula is C29H29N5OS. The second-order valence-electron chi connectivity index (χ2n) is 8.74. The van der Waals surface area contributed by atoms with Crippen LogP contribution in [-0.4, -0.2) is 35.0 Å². The van der Waals surface area contributed by atoms with Crippen LogP contribution >= 0.6 is 0 Å². The van der Waals surface area contributed by atoms with E-state index >= 15 is 0 Å². The van der Waals surface area contributed by atoms with Gasteiger partial charge in [-0.2, -0.15) is 10.1 Å². The Labute approximate surface area is 214 Å². The number of aryl methyl sites for hydroxylation is 2. The summed E-state index contributed by atoms with van der Waals surface area (Å²) in [7, 11) is 0. The van der Waals surface area contributed by atoms with Crippen molar-refractivity contribution in [1.82, 2.24) is 24.7 Å². The highest BCUT2D eigenvalue weighted by Crippen LogP contribution is 2.31. The average Bonchev–Trinajstić information content (AvgIpc) is 3.54. The molecule has 7 heteroatoms. The average molecular weight is 496 g/mol. The molecule has 0 aliphatic heterocycles. The molecule has 1 N–H and O–H groups in total. The number of benzene rings is 2. The van der Waals surface area contributed by atoms with E-state index in [1.165, 1.54) is 0 Å². The van der Waals surface area contributed by atoms with Crippen molar-refractivity contribution in [1.29, 1.82) is 0 Å². The number of aromatic nitrogens is 5. The van der Waals surface area contributed by atoms with Crippen LogP contribution in [0, 0.1) is 6.92 Å². The number of nitrogens with zero attached hydrogens (tertiary/aromatic N) is 4. The van der Waals surface area contributed by atoms with E-state index in [1.54, 1.807) is 12.4 Å². The molecular weight excluding hydrogens is 466 g/mol. The highest BCUT2D eigenvalue weighted by molar-refractivity contribution is 7.91. The number of aromatic amines is 1. The van der Waals surface area contributed by atoms with Crippen LogP contribution in [0.15, 0.2) is 96.4 Å². The van der Waals surface area contributed by atoms with E-state index in [9.17, 15) is 4.55 Å². The largest absolute Gasteiger partial charge is 0.609 e. The maximum Gasteiger partial charge on any atom is 0.321 e. The summed E-state index contributed by atoms with van der Waals surface area (Å²) in [6, 6.07) is 26.2. The Morgan fingerprint density at radius 2 is 1.53 bits per heavy atom. The summed E-state index contributed by atoms with van der Waals surface area (Å²) in [6.45, 7) is 2.93. The summed E-state index contributed by atoms with van der Waals surface area (Å²) in [5.74, 6) is 0.580. The van der Waals surface area contributed by atoms with Crippen LogP contribution in [0.4, 0.5) is 0 Å². The van der Waals surface area contributed by atoms with Crippen LogP contribution in [0.3, 0.4) is 0 Å². The molecule has 0 radical (unpaired) electrons. The number of H-pyrrole nitrogens is 1. The second-order valence-corrected chi connectivity index (χ2v) is 10.2. The van der Waals surface area contributed by atoms with Crippen molar-refractivity contribution in [2.75, 3.05) is 5.75 Å². The molecule has 0 saturated carbocycles. The molecule has 0 aliphatic rings. The Hall–Kier alpha value is -3.68. The molecule has 2 aromatic carbocycles. The van der Waals surface area contributed by atoms with Gasteiger partial charge in [-0.15, -0.1) is 0 Å². The fourth-order valence-electron chi connectivity index (χ4n) is 4.25. The minimum Gasteiger partial charge on any atom is -0.609 e. The number of nitrogens with one attached hydrogen (secondary N) is 1. The van der Waals surface area contributed by atoms with Gasteiger partial charge in [-0.25, -0.2) is 0 Å². The topological polar surface area (TPSA) is 82.4 Å². The van der Waals surface area contributed by atoms with Crippen molar-refractivity contribution in [2.24, 2.45) is 0 Å². The Kier molecular flexibility index (Phi) is 7.59. The van der Waals surface area contributed by atoms with Crippen molar-refractivity contribution >= 4 is 11.2 Å². The molecule has 0 spiro atoms. The van der Waals surface area contributed by atoms with Gasteiger partial charge in [0.15, 0.2) is 0 Å². The molecule has 0 saturated heterocycles. The molecule has 1 atom stereocenters. The van der Waals surface area contributed by atoms with Crippen LogP contribution in [0.25, 0.3) is 33.8 Å². The molecule has 3 aromatic heterocycles. The molecule has 3 heterocycles. The minimum absolute atomic E-state index is 0.539. The zero-order chi connectivity index (χ0) is 24.7. The lowest BCUT2D eigenvalue weighted by Gasteiger charge is -2.07. The van der Waals surface area contributed by atoms with Gasteiger partial charge < -0.3 is 4.55 Å². The Morgan fingerprint density at radius 3 is 2.25 bits per heavy atom. The summed E-state index contributed by atoms with van der Waals surface area (Å²) in [5.41, 5.74) is 6.98. The van der Waals surface area contributed by atoms with E-state index in [0.717, 1.165) is 65.3 Å². The molecule has 0 amide bonds. The van der Waals surface area contributed by atoms with Gasteiger partial charge in [-0.3, -0.25) is 14.6 Å². The fourth-order valence-corrected chi connectivity index (χ4v) is 5.32. The number of imidazole rings is 1. The van der Waals surface area contributed by atoms with E-state index in [1.807, 2.05) is 72.8 Å². The van der Waals surface area contributed by atoms with Crippen LogP contribution in [-0.2, 0) is 17.7 Å². The van der Waals surface area contributed by atoms with Crippen molar-refractivity contribution in [3.8, 4) is 33.8 Å². The van der Waals surface area contributed by atoms with Crippen molar-refractivity contribution < 1.29 is 4.55 Å². The van der Waals surface area contributed by atoms with Gasteiger partial charge in [0.25, 0.3) is 0 Å². The third-order valence-electron chi connectivity index (χ3n) is 6.16. The number of hydrogen-bond acceptors (Lipinski definition) is 4. The summed E-state index contributed by atoms with van der Waals surface area (Å²) in [6.07, 6.45) is 6.40. The molecule has 6 nitrogen and oxygen atoms in total.